The fraction of sp³-hybridized carbons (Fsp3) is 0.222. The van der Waals surface area contributed by atoms with Gasteiger partial charge in [0.15, 0.2) is 17.2 Å². The van der Waals surface area contributed by atoms with Gasteiger partial charge in [-0.05, 0) is 53.6 Å². The zero-order chi connectivity index (χ0) is 26.3. The van der Waals surface area contributed by atoms with Crippen LogP contribution >= 0.6 is 39.1 Å². The normalized spacial score (nSPS) is 13.0. The van der Waals surface area contributed by atoms with E-state index in [0.29, 0.717) is 49.6 Å². The Morgan fingerprint density at radius 2 is 1.81 bits per heavy atom. The van der Waals surface area contributed by atoms with E-state index in [4.69, 9.17) is 42.4 Å². The summed E-state index contributed by atoms with van der Waals surface area (Å²) in [5, 5.41) is 5.58. The summed E-state index contributed by atoms with van der Waals surface area (Å²) in [6.45, 7) is 6.38. The molecule has 2 heterocycles. The second kappa shape index (κ2) is 10.0. The topological polar surface area (TPSA) is 74.9 Å². The molecule has 0 saturated carbocycles. The van der Waals surface area contributed by atoms with Gasteiger partial charge in [-0.15, -0.1) is 0 Å². The van der Waals surface area contributed by atoms with Crippen molar-refractivity contribution in [3.63, 3.8) is 0 Å². The molecule has 0 atom stereocenters. The van der Waals surface area contributed by atoms with Crippen LogP contribution in [0, 0.1) is 0 Å². The monoisotopic (exact) mass is 601 g/mol. The second-order valence-electron chi connectivity index (χ2n) is 9.50. The minimum absolute atomic E-state index is 0.205. The van der Waals surface area contributed by atoms with Crippen LogP contribution in [0.5, 0.6) is 17.2 Å². The van der Waals surface area contributed by atoms with E-state index in [9.17, 15) is 4.79 Å². The summed E-state index contributed by atoms with van der Waals surface area (Å²) in [6, 6.07) is 14.3. The molecule has 7 nitrogen and oxygen atoms in total. The lowest BCUT2D eigenvalue weighted by Gasteiger charge is -2.20. The Morgan fingerprint density at radius 3 is 2.54 bits per heavy atom. The number of aromatic nitrogens is 2. The van der Waals surface area contributed by atoms with Crippen LogP contribution in [0.4, 0.5) is 0 Å². The standard InChI is InChI=1S/C27H22BrCl2N3O4/c1-27(2,3)26-32-21-6-5-17(28)11-18(21)25(34)33(26)31-12-16-8-19(29)24(20(30)9-16)35-13-15-4-7-22-23(10-15)37-14-36-22/h4-12H,13-14H2,1-3H3. The quantitative estimate of drug-likeness (QED) is 0.231. The van der Waals surface area contributed by atoms with Crippen molar-refractivity contribution in [3.05, 3.63) is 90.4 Å². The van der Waals surface area contributed by atoms with Crippen LogP contribution in [0.2, 0.25) is 10.0 Å². The molecule has 0 aliphatic carbocycles. The third-order valence-corrected chi connectivity index (χ3v) is 6.70. The van der Waals surface area contributed by atoms with Crippen molar-refractivity contribution in [2.45, 2.75) is 32.8 Å². The van der Waals surface area contributed by atoms with E-state index in [0.717, 1.165) is 10.0 Å². The Labute approximate surface area is 231 Å². The van der Waals surface area contributed by atoms with Gasteiger partial charge >= 0.3 is 0 Å². The summed E-state index contributed by atoms with van der Waals surface area (Å²) in [7, 11) is 0. The number of nitrogens with zero attached hydrogens (tertiary/aromatic N) is 3. The maximum absolute atomic E-state index is 13.3. The van der Waals surface area contributed by atoms with E-state index >= 15 is 0 Å². The number of rotatable bonds is 5. The molecule has 190 valence electrons. The third-order valence-electron chi connectivity index (χ3n) is 5.64. The van der Waals surface area contributed by atoms with Crippen molar-refractivity contribution in [2.24, 2.45) is 5.10 Å². The van der Waals surface area contributed by atoms with Gasteiger partial charge in [0.1, 0.15) is 12.4 Å². The first-order valence-electron chi connectivity index (χ1n) is 11.4. The maximum Gasteiger partial charge on any atom is 0.282 e. The molecule has 1 aromatic heterocycles. The molecule has 0 saturated heterocycles. The molecule has 0 N–H and O–H groups in total. The van der Waals surface area contributed by atoms with Gasteiger partial charge in [0.2, 0.25) is 6.79 Å². The van der Waals surface area contributed by atoms with Crippen molar-refractivity contribution in [2.75, 3.05) is 6.79 Å². The molecule has 0 spiro atoms. The molecule has 5 rings (SSSR count). The Balaban J connectivity index is 1.44. The first-order valence-corrected chi connectivity index (χ1v) is 12.9. The molecule has 3 aromatic carbocycles. The number of hydrogen-bond acceptors (Lipinski definition) is 6. The lowest BCUT2D eigenvalue weighted by molar-refractivity contribution is 0.174. The fourth-order valence-electron chi connectivity index (χ4n) is 3.84. The highest BCUT2D eigenvalue weighted by Gasteiger charge is 2.23. The number of fused-ring (bicyclic) bond motifs is 2. The SMILES string of the molecule is CC(C)(C)c1nc2ccc(Br)cc2c(=O)n1N=Cc1cc(Cl)c(OCc2ccc3c(c2)OCO3)c(Cl)c1. The van der Waals surface area contributed by atoms with Crippen LogP contribution in [-0.4, -0.2) is 22.7 Å². The zero-order valence-electron chi connectivity index (χ0n) is 20.2. The van der Waals surface area contributed by atoms with E-state index in [1.807, 2.05) is 51.1 Å². The molecule has 10 heteroatoms. The van der Waals surface area contributed by atoms with Crippen molar-refractivity contribution in [1.82, 2.24) is 9.66 Å². The van der Waals surface area contributed by atoms with E-state index < -0.39 is 5.41 Å². The molecule has 1 aliphatic heterocycles. The first-order chi connectivity index (χ1) is 17.6. The summed E-state index contributed by atoms with van der Waals surface area (Å²) < 4.78 is 18.8. The van der Waals surface area contributed by atoms with Gasteiger partial charge in [-0.1, -0.05) is 66.0 Å². The highest BCUT2D eigenvalue weighted by atomic mass is 79.9. The molecule has 0 radical (unpaired) electrons. The van der Waals surface area contributed by atoms with Crippen LogP contribution in [0.1, 0.15) is 37.7 Å². The molecule has 37 heavy (non-hydrogen) atoms. The summed E-state index contributed by atoms with van der Waals surface area (Å²) in [4.78, 5) is 18.1. The second-order valence-corrected chi connectivity index (χ2v) is 11.2. The van der Waals surface area contributed by atoms with Crippen LogP contribution in [0.25, 0.3) is 10.9 Å². The molecule has 4 aromatic rings. The smallest absolute Gasteiger partial charge is 0.282 e. The van der Waals surface area contributed by atoms with Crippen LogP contribution in [0.3, 0.4) is 0 Å². The summed E-state index contributed by atoms with van der Waals surface area (Å²) in [5.41, 5.74) is 1.39. The first kappa shape index (κ1) is 25.6. The van der Waals surface area contributed by atoms with Crippen molar-refractivity contribution in [1.29, 1.82) is 0 Å². The molecule has 0 fully saturated rings. The van der Waals surface area contributed by atoms with Gasteiger partial charge in [-0.2, -0.15) is 9.78 Å². The van der Waals surface area contributed by atoms with E-state index in [1.54, 1.807) is 18.2 Å². The molecule has 0 unspecified atom stereocenters. The average Bonchev–Trinajstić information content (AvgIpc) is 3.30. The molecule has 0 bridgehead atoms. The van der Waals surface area contributed by atoms with Gasteiger partial charge < -0.3 is 14.2 Å². The Morgan fingerprint density at radius 1 is 1.08 bits per heavy atom. The summed E-state index contributed by atoms with van der Waals surface area (Å²) in [6.07, 6.45) is 1.53. The minimum Gasteiger partial charge on any atom is -0.486 e. The highest BCUT2D eigenvalue weighted by molar-refractivity contribution is 9.10. The third kappa shape index (κ3) is 5.32. The number of halogens is 3. The highest BCUT2D eigenvalue weighted by Crippen LogP contribution is 2.36. The maximum atomic E-state index is 13.3. The molecule has 0 amide bonds. The summed E-state index contributed by atoms with van der Waals surface area (Å²) >= 11 is 16.4. The van der Waals surface area contributed by atoms with Gasteiger partial charge in [0.25, 0.3) is 5.56 Å². The van der Waals surface area contributed by atoms with E-state index in [1.165, 1.54) is 10.9 Å². The Bertz CT molecular complexity index is 1590. The molecular weight excluding hydrogens is 581 g/mol. The van der Waals surface area contributed by atoms with Crippen LogP contribution in [-0.2, 0) is 12.0 Å². The lowest BCUT2D eigenvalue weighted by Crippen LogP contribution is -2.29. The van der Waals surface area contributed by atoms with Gasteiger partial charge in [-0.3, -0.25) is 4.79 Å². The number of benzene rings is 3. The Hall–Kier alpha value is -3.07. The molecule has 1 aliphatic rings. The van der Waals surface area contributed by atoms with E-state index in [-0.39, 0.29) is 19.0 Å². The zero-order valence-corrected chi connectivity index (χ0v) is 23.3. The van der Waals surface area contributed by atoms with Gasteiger partial charge in [0, 0.05) is 9.89 Å². The van der Waals surface area contributed by atoms with Crippen molar-refractivity contribution >= 4 is 56.2 Å². The van der Waals surface area contributed by atoms with Gasteiger partial charge in [0.05, 0.1) is 27.2 Å². The Kier molecular flexibility index (Phi) is 6.91. The van der Waals surface area contributed by atoms with Crippen LogP contribution in [0.15, 0.2) is 62.9 Å². The predicted molar refractivity (Wildman–Crippen MR) is 149 cm³/mol. The van der Waals surface area contributed by atoms with Crippen LogP contribution < -0.4 is 19.8 Å². The van der Waals surface area contributed by atoms with Crippen molar-refractivity contribution < 1.29 is 14.2 Å². The van der Waals surface area contributed by atoms with Crippen molar-refractivity contribution in [3.8, 4) is 17.2 Å². The van der Waals surface area contributed by atoms with E-state index in [2.05, 4.69) is 21.0 Å². The average molecular weight is 603 g/mol. The number of ether oxygens (including phenoxy) is 3. The number of hydrogen-bond donors (Lipinski definition) is 0. The predicted octanol–water partition coefficient (Wildman–Crippen LogP) is 6.95. The fourth-order valence-corrected chi connectivity index (χ4v) is 4.82. The minimum atomic E-state index is -0.431. The molecular formula is C27H22BrCl2N3O4. The lowest BCUT2D eigenvalue weighted by atomic mass is 9.95. The van der Waals surface area contributed by atoms with Gasteiger partial charge in [-0.25, -0.2) is 4.98 Å². The largest absolute Gasteiger partial charge is 0.486 e. The summed E-state index contributed by atoms with van der Waals surface area (Å²) in [5.74, 6) is 2.25.